The molecule has 1 fully saturated rings. The van der Waals surface area contributed by atoms with Gasteiger partial charge in [-0.15, -0.1) is 24.0 Å². The SMILES string of the molecule is CN=C(NCCOCCC(C)C)NCC1(N(C)C)CCOCC1.I. The first-order valence-electron chi connectivity index (χ1n) is 8.77. The molecule has 24 heavy (non-hydrogen) atoms. The Kier molecular flexibility index (Phi) is 13.1. The van der Waals surface area contributed by atoms with Gasteiger partial charge in [-0.3, -0.25) is 4.99 Å². The molecule has 0 atom stereocenters. The fourth-order valence-corrected chi connectivity index (χ4v) is 2.67. The van der Waals surface area contributed by atoms with Crippen LogP contribution in [0.4, 0.5) is 0 Å². The van der Waals surface area contributed by atoms with Crippen LogP contribution in [0.1, 0.15) is 33.1 Å². The van der Waals surface area contributed by atoms with E-state index in [-0.39, 0.29) is 29.5 Å². The lowest BCUT2D eigenvalue weighted by Crippen LogP contribution is -2.57. The van der Waals surface area contributed by atoms with Crippen LogP contribution in [0.15, 0.2) is 4.99 Å². The number of rotatable bonds is 9. The van der Waals surface area contributed by atoms with Gasteiger partial charge in [-0.2, -0.15) is 0 Å². The molecule has 1 saturated heterocycles. The Morgan fingerprint density at radius 1 is 1.21 bits per heavy atom. The van der Waals surface area contributed by atoms with Crippen LogP contribution >= 0.6 is 24.0 Å². The van der Waals surface area contributed by atoms with E-state index >= 15 is 0 Å². The average molecular weight is 456 g/mol. The number of ether oxygens (including phenoxy) is 2. The van der Waals surface area contributed by atoms with Crippen molar-refractivity contribution in [2.75, 3.05) is 60.7 Å². The average Bonchev–Trinajstić information content (AvgIpc) is 2.54. The number of nitrogens with zero attached hydrogens (tertiary/aromatic N) is 2. The number of nitrogens with one attached hydrogen (secondary N) is 2. The van der Waals surface area contributed by atoms with Crippen LogP contribution < -0.4 is 10.6 Å². The standard InChI is InChI=1S/C17H36N4O2.HI/c1-15(2)6-10-22-13-9-19-16(18-3)20-14-17(21(4)5)7-11-23-12-8-17;/h15H,6-14H2,1-5H3,(H2,18,19,20);1H. The quantitative estimate of drug-likeness (QED) is 0.241. The largest absolute Gasteiger partial charge is 0.381 e. The molecule has 0 amide bonds. The van der Waals surface area contributed by atoms with Gasteiger partial charge in [-0.05, 0) is 39.3 Å². The van der Waals surface area contributed by atoms with E-state index in [0.29, 0.717) is 12.5 Å². The van der Waals surface area contributed by atoms with Crippen LogP contribution in [-0.4, -0.2) is 77.1 Å². The van der Waals surface area contributed by atoms with Crippen LogP contribution in [-0.2, 0) is 9.47 Å². The van der Waals surface area contributed by atoms with Gasteiger partial charge in [-0.25, -0.2) is 0 Å². The molecule has 6 nitrogen and oxygen atoms in total. The van der Waals surface area contributed by atoms with E-state index in [4.69, 9.17) is 9.47 Å². The van der Waals surface area contributed by atoms with Crippen molar-refractivity contribution in [3.05, 3.63) is 0 Å². The Morgan fingerprint density at radius 2 is 1.88 bits per heavy atom. The first-order chi connectivity index (χ1) is 11.0. The molecule has 0 aromatic carbocycles. The Bertz CT molecular complexity index is 345. The second-order valence-electron chi connectivity index (χ2n) is 6.88. The molecule has 0 unspecified atom stereocenters. The van der Waals surface area contributed by atoms with Gasteiger partial charge in [-0.1, -0.05) is 13.8 Å². The fraction of sp³-hybridized carbons (Fsp3) is 0.941. The lowest BCUT2D eigenvalue weighted by Gasteiger charge is -2.43. The summed E-state index contributed by atoms with van der Waals surface area (Å²) in [7, 11) is 6.10. The zero-order valence-electron chi connectivity index (χ0n) is 16.1. The predicted molar refractivity (Wildman–Crippen MR) is 112 cm³/mol. The minimum absolute atomic E-state index is 0. The molecule has 7 heteroatoms. The van der Waals surface area contributed by atoms with Gasteiger partial charge >= 0.3 is 0 Å². The minimum atomic E-state index is 0. The second kappa shape index (κ2) is 13.1. The van der Waals surface area contributed by atoms with Crippen molar-refractivity contribution in [3.8, 4) is 0 Å². The molecular formula is C17H37IN4O2. The van der Waals surface area contributed by atoms with Crippen LogP contribution in [0.5, 0.6) is 0 Å². The summed E-state index contributed by atoms with van der Waals surface area (Å²) in [4.78, 5) is 6.61. The van der Waals surface area contributed by atoms with Gasteiger partial charge in [0.2, 0.25) is 0 Å². The van der Waals surface area contributed by atoms with Gasteiger partial charge in [0.25, 0.3) is 0 Å². The van der Waals surface area contributed by atoms with Crippen molar-refractivity contribution in [2.24, 2.45) is 10.9 Å². The van der Waals surface area contributed by atoms with Crippen molar-refractivity contribution < 1.29 is 9.47 Å². The molecule has 0 spiro atoms. The molecule has 0 saturated carbocycles. The maximum Gasteiger partial charge on any atom is 0.191 e. The van der Waals surface area contributed by atoms with E-state index in [0.717, 1.165) is 58.1 Å². The Hall–Kier alpha value is -0.120. The van der Waals surface area contributed by atoms with Crippen LogP contribution in [0.2, 0.25) is 0 Å². The summed E-state index contributed by atoms with van der Waals surface area (Å²) < 4.78 is 11.1. The lowest BCUT2D eigenvalue weighted by atomic mass is 9.88. The van der Waals surface area contributed by atoms with Crippen LogP contribution in [0.3, 0.4) is 0 Å². The molecule has 0 bridgehead atoms. The third kappa shape index (κ3) is 8.82. The summed E-state index contributed by atoms with van der Waals surface area (Å²) in [5.41, 5.74) is 0.142. The van der Waals surface area contributed by atoms with Crippen molar-refractivity contribution in [1.82, 2.24) is 15.5 Å². The number of guanidine groups is 1. The molecule has 0 aromatic heterocycles. The maximum absolute atomic E-state index is 5.62. The number of hydrogen-bond acceptors (Lipinski definition) is 4. The van der Waals surface area contributed by atoms with E-state index in [1.807, 2.05) is 0 Å². The molecule has 0 aromatic rings. The number of hydrogen-bond donors (Lipinski definition) is 2. The monoisotopic (exact) mass is 456 g/mol. The molecule has 0 radical (unpaired) electrons. The highest BCUT2D eigenvalue weighted by atomic mass is 127. The molecular weight excluding hydrogens is 419 g/mol. The molecule has 2 N–H and O–H groups in total. The first kappa shape index (κ1) is 23.9. The van der Waals surface area contributed by atoms with Crippen molar-refractivity contribution in [1.29, 1.82) is 0 Å². The van der Waals surface area contributed by atoms with E-state index < -0.39 is 0 Å². The summed E-state index contributed by atoms with van der Waals surface area (Å²) in [6.07, 6.45) is 3.20. The third-order valence-electron chi connectivity index (χ3n) is 4.56. The van der Waals surface area contributed by atoms with Gasteiger partial charge in [0.15, 0.2) is 5.96 Å². The maximum atomic E-state index is 5.62. The van der Waals surface area contributed by atoms with Gasteiger partial charge < -0.3 is 25.0 Å². The topological polar surface area (TPSA) is 58.1 Å². The number of likely N-dealkylation sites (N-methyl/N-ethyl adjacent to an activating group) is 1. The summed E-state index contributed by atoms with van der Waals surface area (Å²) in [6.45, 7) is 9.27. The summed E-state index contributed by atoms with van der Waals surface area (Å²) in [5.74, 6) is 1.53. The van der Waals surface area contributed by atoms with Crippen molar-refractivity contribution in [3.63, 3.8) is 0 Å². The molecule has 0 aliphatic carbocycles. The number of halogens is 1. The molecule has 1 aliphatic heterocycles. The Labute approximate surface area is 165 Å². The third-order valence-corrected chi connectivity index (χ3v) is 4.56. The lowest BCUT2D eigenvalue weighted by molar-refractivity contribution is -0.00502. The highest BCUT2D eigenvalue weighted by Gasteiger charge is 2.34. The van der Waals surface area contributed by atoms with Gasteiger partial charge in [0.05, 0.1) is 6.61 Å². The number of aliphatic imine (C=N–C) groups is 1. The van der Waals surface area contributed by atoms with Crippen LogP contribution in [0, 0.1) is 5.92 Å². The molecule has 1 aliphatic rings. The summed E-state index contributed by atoms with van der Waals surface area (Å²) >= 11 is 0. The van der Waals surface area contributed by atoms with Gasteiger partial charge in [0, 0.05) is 45.5 Å². The van der Waals surface area contributed by atoms with E-state index in [2.05, 4.69) is 48.5 Å². The predicted octanol–water partition coefficient (Wildman–Crippen LogP) is 1.94. The zero-order chi connectivity index (χ0) is 17.1. The Balaban J connectivity index is 0.00000529. The van der Waals surface area contributed by atoms with Crippen LogP contribution in [0.25, 0.3) is 0 Å². The fourth-order valence-electron chi connectivity index (χ4n) is 2.67. The minimum Gasteiger partial charge on any atom is -0.381 e. The van der Waals surface area contributed by atoms with E-state index in [9.17, 15) is 0 Å². The highest BCUT2D eigenvalue weighted by molar-refractivity contribution is 14.0. The molecule has 1 rings (SSSR count). The summed E-state index contributed by atoms with van der Waals surface area (Å²) in [5, 5.41) is 6.77. The van der Waals surface area contributed by atoms with Crippen molar-refractivity contribution in [2.45, 2.75) is 38.6 Å². The van der Waals surface area contributed by atoms with Crippen molar-refractivity contribution >= 4 is 29.9 Å². The van der Waals surface area contributed by atoms with E-state index in [1.54, 1.807) is 7.05 Å². The smallest absolute Gasteiger partial charge is 0.191 e. The first-order valence-corrected chi connectivity index (χ1v) is 8.77. The Morgan fingerprint density at radius 3 is 2.42 bits per heavy atom. The second-order valence-corrected chi connectivity index (χ2v) is 6.88. The van der Waals surface area contributed by atoms with Gasteiger partial charge in [0.1, 0.15) is 0 Å². The highest BCUT2D eigenvalue weighted by Crippen LogP contribution is 2.24. The molecule has 1 heterocycles. The zero-order valence-corrected chi connectivity index (χ0v) is 18.4. The molecule has 144 valence electrons. The summed E-state index contributed by atoms with van der Waals surface area (Å²) in [6, 6.07) is 0. The normalized spacial score (nSPS) is 17.7. The van der Waals surface area contributed by atoms with E-state index in [1.165, 1.54) is 0 Å².